The zero-order valence-corrected chi connectivity index (χ0v) is 17.2. The highest BCUT2D eigenvalue weighted by atomic mass is 35.5. The van der Waals surface area contributed by atoms with Gasteiger partial charge in [0.1, 0.15) is 5.75 Å². The molecule has 0 saturated heterocycles. The van der Waals surface area contributed by atoms with E-state index < -0.39 is 0 Å². The lowest BCUT2D eigenvalue weighted by Crippen LogP contribution is -2.23. The second-order valence-corrected chi connectivity index (χ2v) is 7.10. The lowest BCUT2D eigenvalue weighted by molar-refractivity contribution is -0.116. The minimum Gasteiger partial charge on any atom is -0.497 e. The standard InChI is InChI=1S/C21H19Cl2N3O3/c1-29-16-7-4-14(5-8-16)19-10-11-21(28)26(25-19)12-2-3-20(27)24-15-6-9-17(22)18(23)13-15/h4-11,13H,2-3,12H2,1H3,(H,24,27). The van der Waals surface area contributed by atoms with Crippen LogP contribution in [-0.4, -0.2) is 22.8 Å². The van der Waals surface area contributed by atoms with Crippen molar-refractivity contribution in [1.82, 2.24) is 9.78 Å². The molecule has 3 rings (SSSR count). The average Bonchev–Trinajstić information content (AvgIpc) is 2.72. The molecule has 0 aliphatic carbocycles. The number of nitrogens with one attached hydrogen (secondary N) is 1. The van der Waals surface area contributed by atoms with Crippen molar-refractivity contribution in [3.05, 3.63) is 75.0 Å². The van der Waals surface area contributed by atoms with Crippen LogP contribution in [0.2, 0.25) is 10.0 Å². The van der Waals surface area contributed by atoms with E-state index in [-0.39, 0.29) is 17.9 Å². The van der Waals surface area contributed by atoms with Gasteiger partial charge in [-0.05, 0) is 55.0 Å². The Kier molecular flexibility index (Phi) is 6.90. The number of benzene rings is 2. The summed E-state index contributed by atoms with van der Waals surface area (Å²) in [5, 5.41) is 7.95. The third kappa shape index (κ3) is 5.59. The van der Waals surface area contributed by atoms with Gasteiger partial charge >= 0.3 is 0 Å². The molecule has 2 aromatic carbocycles. The normalized spacial score (nSPS) is 10.6. The molecule has 0 fully saturated rings. The molecule has 8 heteroatoms. The van der Waals surface area contributed by atoms with Crippen molar-refractivity contribution in [3.8, 4) is 17.0 Å². The summed E-state index contributed by atoms with van der Waals surface area (Å²) >= 11 is 11.8. The van der Waals surface area contributed by atoms with Crippen molar-refractivity contribution in [1.29, 1.82) is 0 Å². The molecule has 0 saturated carbocycles. The molecule has 1 aromatic heterocycles. The van der Waals surface area contributed by atoms with Gasteiger partial charge in [-0.15, -0.1) is 0 Å². The van der Waals surface area contributed by atoms with Gasteiger partial charge in [0.25, 0.3) is 5.56 Å². The van der Waals surface area contributed by atoms with E-state index in [9.17, 15) is 9.59 Å². The number of amides is 1. The molecule has 0 radical (unpaired) electrons. The predicted octanol–water partition coefficient (Wildman–Crippen LogP) is 4.64. The highest BCUT2D eigenvalue weighted by Crippen LogP contribution is 2.25. The summed E-state index contributed by atoms with van der Waals surface area (Å²) in [6.45, 7) is 0.331. The molecule has 6 nitrogen and oxygen atoms in total. The Morgan fingerprint density at radius 2 is 1.83 bits per heavy atom. The minimum atomic E-state index is -0.216. The van der Waals surface area contributed by atoms with Crippen LogP contribution in [0.4, 0.5) is 5.69 Å². The van der Waals surface area contributed by atoms with Gasteiger partial charge in [-0.1, -0.05) is 23.2 Å². The van der Waals surface area contributed by atoms with Crippen LogP contribution in [0.25, 0.3) is 11.3 Å². The molecule has 0 unspecified atom stereocenters. The van der Waals surface area contributed by atoms with Crippen molar-refractivity contribution in [3.63, 3.8) is 0 Å². The number of aryl methyl sites for hydroxylation is 1. The third-order valence-corrected chi connectivity index (χ3v) is 4.97. The quantitative estimate of drug-likeness (QED) is 0.590. The van der Waals surface area contributed by atoms with Crippen LogP contribution < -0.4 is 15.6 Å². The molecular weight excluding hydrogens is 413 g/mol. The van der Waals surface area contributed by atoms with Crippen LogP contribution in [0.1, 0.15) is 12.8 Å². The van der Waals surface area contributed by atoms with Gasteiger partial charge in [-0.25, -0.2) is 4.68 Å². The molecule has 0 atom stereocenters. The molecule has 1 amide bonds. The number of hydrogen-bond acceptors (Lipinski definition) is 4. The molecule has 0 aliphatic heterocycles. The van der Waals surface area contributed by atoms with E-state index in [1.165, 1.54) is 10.7 Å². The Balaban J connectivity index is 1.60. The first kappa shape index (κ1) is 20.9. The second-order valence-electron chi connectivity index (χ2n) is 6.29. The molecule has 1 N–H and O–H groups in total. The Hall–Kier alpha value is -2.83. The Bertz CT molecular complexity index is 1070. The molecule has 0 aliphatic rings. The number of halogens is 2. The Labute approximate surface area is 178 Å². The summed E-state index contributed by atoms with van der Waals surface area (Å²) in [5.41, 5.74) is 1.90. The molecule has 1 heterocycles. The summed E-state index contributed by atoms with van der Waals surface area (Å²) in [4.78, 5) is 24.2. The van der Waals surface area contributed by atoms with Gasteiger partial charge in [0.2, 0.25) is 5.91 Å². The maximum atomic E-state index is 12.1. The smallest absolute Gasteiger partial charge is 0.266 e. The number of carbonyl (C=O) groups excluding carboxylic acids is 1. The Morgan fingerprint density at radius 3 is 2.52 bits per heavy atom. The van der Waals surface area contributed by atoms with Gasteiger partial charge < -0.3 is 10.1 Å². The fourth-order valence-electron chi connectivity index (χ4n) is 2.71. The largest absolute Gasteiger partial charge is 0.497 e. The topological polar surface area (TPSA) is 73.2 Å². The summed E-state index contributed by atoms with van der Waals surface area (Å²) in [6.07, 6.45) is 0.702. The number of nitrogens with zero attached hydrogens (tertiary/aromatic N) is 2. The molecule has 0 spiro atoms. The maximum absolute atomic E-state index is 12.1. The molecule has 150 valence electrons. The first-order chi connectivity index (χ1) is 14.0. The fraction of sp³-hybridized carbons (Fsp3) is 0.190. The van der Waals surface area contributed by atoms with E-state index >= 15 is 0 Å². The summed E-state index contributed by atoms with van der Waals surface area (Å²) < 4.78 is 6.52. The molecule has 3 aromatic rings. The summed E-state index contributed by atoms with van der Waals surface area (Å²) in [7, 11) is 1.60. The number of aromatic nitrogens is 2. The van der Waals surface area contributed by atoms with E-state index in [1.54, 1.807) is 31.4 Å². The number of hydrogen-bond donors (Lipinski definition) is 1. The van der Waals surface area contributed by atoms with Crippen LogP contribution >= 0.6 is 23.2 Å². The van der Waals surface area contributed by atoms with Crippen LogP contribution in [0.3, 0.4) is 0 Å². The molecular formula is C21H19Cl2N3O3. The van der Waals surface area contributed by atoms with Crippen LogP contribution in [0.15, 0.2) is 59.4 Å². The SMILES string of the molecule is COc1ccc(-c2ccc(=O)n(CCCC(=O)Nc3ccc(Cl)c(Cl)c3)n2)cc1. The average molecular weight is 432 g/mol. The lowest BCUT2D eigenvalue weighted by atomic mass is 10.1. The van der Waals surface area contributed by atoms with Crippen molar-refractivity contribution in [2.24, 2.45) is 0 Å². The van der Waals surface area contributed by atoms with Crippen LogP contribution in [0, 0.1) is 0 Å². The van der Waals surface area contributed by atoms with E-state index in [2.05, 4.69) is 10.4 Å². The second kappa shape index (κ2) is 9.58. The predicted molar refractivity (Wildman–Crippen MR) is 115 cm³/mol. The van der Waals surface area contributed by atoms with Gasteiger partial charge in [0.05, 0.1) is 22.8 Å². The fourth-order valence-corrected chi connectivity index (χ4v) is 3.01. The Morgan fingerprint density at radius 1 is 1.07 bits per heavy atom. The van der Waals surface area contributed by atoms with Crippen molar-refractivity contribution in [2.75, 3.05) is 12.4 Å². The maximum Gasteiger partial charge on any atom is 0.266 e. The van der Waals surface area contributed by atoms with Gasteiger partial charge in [-0.3, -0.25) is 9.59 Å². The van der Waals surface area contributed by atoms with Crippen molar-refractivity contribution >= 4 is 34.8 Å². The summed E-state index contributed by atoms with van der Waals surface area (Å²) in [6, 6.07) is 15.5. The lowest BCUT2D eigenvalue weighted by Gasteiger charge is -2.09. The number of methoxy groups -OCH3 is 1. The molecule has 29 heavy (non-hydrogen) atoms. The number of anilines is 1. The van der Waals surface area contributed by atoms with E-state index in [0.717, 1.165) is 11.3 Å². The minimum absolute atomic E-state index is 0.178. The van der Waals surface area contributed by atoms with Crippen molar-refractivity contribution < 1.29 is 9.53 Å². The van der Waals surface area contributed by atoms with Crippen LogP contribution in [0.5, 0.6) is 5.75 Å². The zero-order valence-electron chi connectivity index (χ0n) is 15.7. The highest BCUT2D eigenvalue weighted by molar-refractivity contribution is 6.42. The summed E-state index contributed by atoms with van der Waals surface area (Å²) in [5.74, 6) is 0.567. The van der Waals surface area contributed by atoms with E-state index in [4.69, 9.17) is 27.9 Å². The molecule has 0 bridgehead atoms. The first-order valence-corrected chi connectivity index (χ1v) is 9.69. The highest BCUT2D eigenvalue weighted by Gasteiger charge is 2.07. The van der Waals surface area contributed by atoms with Gasteiger partial charge in [0, 0.05) is 30.3 Å². The van der Waals surface area contributed by atoms with Gasteiger partial charge in [0.15, 0.2) is 0 Å². The van der Waals surface area contributed by atoms with Crippen molar-refractivity contribution in [2.45, 2.75) is 19.4 Å². The number of ether oxygens (including phenoxy) is 1. The number of rotatable bonds is 7. The van der Waals surface area contributed by atoms with Gasteiger partial charge in [-0.2, -0.15) is 5.10 Å². The van der Waals surface area contributed by atoms with E-state index in [0.29, 0.717) is 34.4 Å². The van der Waals surface area contributed by atoms with E-state index in [1.807, 2.05) is 24.3 Å². The number of carbonyl (C=O) groups is 1. The first-order valence-electron chi connectivity index (χ1n) is 8.94. The van der Waals surface area contributed by atoms with Crippen LogP contribution in [-0.2, 0) is 11.3 Å². The third-order valence-electron chi connectivity index (χ3n) is 4.23. The zero-order chi connectivity index (χ0) is 20.8. The monoisotopic (exact) mass is 431 g/mol.